The molecule has 0 aliphatic heterocycles. The van der Waals surface area contributed by atoms with Gasteiger partial charge in [0.25, 0.3) is 5.91 Å². The molecule has 0 aliphatic carbocycles. The molecule has 31 heavy (non-hydrogen) atoms. The molecule has 1 atom stereocenters. The van der Waals surface area contributed by atoms with Gasteiger partial charge in [0.05, 0.1) is 23.6 Å². The number of aromatic nitrogens is 3. The quantitative estimate of drug-likeness (QED) is 0.459. The van der Waals surface area contributed by atoms with E-state index in [9.17, 15) is 4.79 Å². The number of pyridine rings is 1. The zero-order valence-corrected chi connectivity index (χ0v) is 17.8. The van der Waals surface area contributed by atoms with E-state index in [1.807, 2.05) is 43.3 Å². The summed E-state index contributed by atoms with van der Waals surface area (Å²) in [5.74, 6) is 1.50. The molecule has 0 saturated carbocycles. The second-order valence-corrected chi connectivity index (χ2v) is 7.39. The summed E-state index contributed by atoms with van der Waals surface area (Å²) in [5, 5.41) is 3.04. The number of nitrogens with one attached hydrogen (secondary N) is 1. The number of benzene rings is 2. The Morgan fingerprint density at radius 2 is 1.81 bits per heavy atom. The second-order valence-electron chi connectivity index (χ2n) is 7.39. The monoisotopic (exact) mass is 414 g/mol. The number of imidazole rings is 1. The fraction of sp³-hybridized carbons (Fsp3) is 0.240. The molecule has 2 heterocycles. The first-order chi connectivity index (χ1) is 15.2. The highest BCUT2D eigenvalue weighted by atomic mass is 16.5. The maximum Gasteiger partial charge on any atom is 0.251 e. The molecule has 0 aliphatic rings. The van der Waals surface area contributed by atoms with Crippen LogP contribution < -0.4 is 10.1 Å². The van der Waals surface area contributed by atoms with Gasteiger partial charge in [-0.3, -0.25) is 9.78 Å². The number of amides is 1. The SMILES string of the molecule is CCc1ccc(OCCn2c(C(C)NC(=O)c3ccncc3)nc3ccccc32)cc1. The van der Waals surface area contributed by atoms with Gasteiger partial charge < -0.3 is 14.6 Å². The fourth-order valence-electron chi connectivity index (χ4n) is 3.58. The van der Waals surface area contributed by atoms with E-state index >= 15 is 0 Å². The van der Waals surface area contributed by atoms with Crippen molar-refractivity contribution in [2.24, 2.45) is 0 Å². The smallest absolute Gasteiger partial charge is 0.251 e. The van der Waals surface area contributed by atoms with Gasteiger partial charge in [0.1, 0.15) is 18.2 Å². The van der Waals surface area contributed by atoms with Crippen molar-refractivity contribution in [1.29, 1.82) is 0 Å². The van der Waals surface area contributed by atoms with Crippen molar-refractivity contribution >= 4 is 16.9 Å². The molecular weight excluding hydrogens is 388 g/mol. The first-order valence-corrected chi connectivity index (χ1v) is 10.5. The molecule has 0 bridgehead atoms. The molecular formula is C25H26N4O2. The van der Waals surface area contributed by atoms with Gasteiger partial charge in [0.2, 0.25) is 0 Å². The van der Waals surface area contributed by atoms with Crippen molar-refractivity contribution in [3.8, 4) is 5.75 Å². The van der Waals surface area contributed by atoms with Crippen LogP contribution in [0.15, 0.2) is 73.1 Å². The summed E-state index contributed by atoms with van der Waals surface area (Å²) >= 11 is 0. The Hall–Kier alpha value is -3.67. The molecule has 4 aromatic rings. The number of nitrogens with zero attached hydrogens (tertiary/aromatic N) is 3. The minimum atomic E-state index is -0.267. The maximum atomic E-state index is 12.6. The minimum absolute atomic E-state index is 0.152. The molecule has 158 valence electrons. The van der Waals surface area contributed by atoms with E-state index in [1.54, 1.807) is 24.5 Å². The third-order valence-electron chi connectivity index (χ3n) is 5.28. The molecule has 2 aromatic heterocycles. The lowest BCUT2D eigenvalue weighted by molar-refractivity contribution is 0.0937. The Kier molecular flexibility index (Phi) is 6.26. The van der Waals surface area contributed by atoms with Crippen LogP contribution in [0.25, 0.3) is 11.0 Å². The van der Waals surface area contributed by atoms with Gasteiger partial charge in [-0.15, -0.1) is 0 Å². The summed E-state index contributed by atoms with van der Waals surface area (Å²) in [5.41, 5.74) is 3.78. The highest BCUT2D eigenvalue weighted by Crippen LogP contribution is 2.21. The summed E-state index contributed by atoms with van der Waals surface area (Å²) in [4.78, 5) is 21.4. The van der Waals surface area contributed by atoms with Crippen molar-refractivity contribution in [1.82, 2.24) is 19.9 Å². The molecule has 0 radical (unpaired) electrons. The summed E-state index contributed by atoms with van der Waals surface area (Å²) in [6.45, 7) is 5.21. The molecule has 0 saturated heterocycles. The van der Waals surface area contributed by atoms with Crippen molar-refractivity contribution in [3.05, 3.63) is 90.0 Å². The average Bonchev–Trinajstić information content (AvgIpc) is 3.19. The van der Waals surface area contributed by atoms with Crippen LogP contribution in [0.3, 0.4) is 0 Å². The number of hydrogen-bond acceptors (Lipinski definition) is 4. The van der Waals surface area contributed by atoms with Gasteiger partial charge in [-0.05, 0) is 55.3 Å². The zero-order valence-electron chi connectivity index (χ0n) is 17.8. The summed E-state index contributed by atoms with van der Waals surface area (Å²) in [6.07, 6.45) is 4.23. The summed E-state index contributed by atoms with van der Waals surface area (Å²) in [6, 6.07) is 19.3. The Bertz CT molecular complexity index is 1150. The molecule has 1 N–H and O–H groups in total. The lowest BCUT2D eigenvalue weighted by Gasteiger charge is -2.17. The van der Waals surface area contributed by atoms with E-state index in [2.05, 4.69) is 33.9 Å². The largest absolute Gasteiger partial charge is 0.492 e. The lowest BCUT2D eigenvalue weighted by Crippen LogP contribution is -2.29. The summed E-state index contributed by atoms with van der Waals surface area (Å²) < 4.78 is 8.09. The topological polar surface area (TPSA) is 69.0 Å². The van der Waals surface area contributed by atoms with E-state index in [1.165, 1.54) is 5.56 Å². The predicted octanol–water partition coefficient (Wildman–Crippen LogP) is 4.56. The zero-order chi connectivity index (χ0) is 21.6. The van der Waals surface area contributed by atoms with E-state index in [4.69, 9.17) is 9.72 Å². The highest BCUT2D eigenvalue weighted by Gasteiger charge is 2.19. The Morgan fingerprint density at radius 3 is 2.55 bits per heavy atom. The Balaban J connectivity index is 1.51. The normalized spacial score (nSPS) is 11.9. The number of ether oxygens (including phenoxy) is 1. The van der Waals surface area contributed by atoms with Gasteiger partial charge >= 0.3 is 0 Å². The average molecular weight is 415 g/mol. The standard InChI is InChI=1S/C25H26N4O2/c1-3-19-8-10-21(11-9-19)31-17-16-29-23-7-5-4-6-22(23)28-24(29)18(2)27-25(30)20-12-14-26-15-13-20/h4-15,18H,3,16-17H2,1-2H3,(H,27,30). The molecule has 1 amide bonds. The van der Waals surface area contributed by atoms with E-state index < -0.39 is 0 Å². The molecule has 0 fully saturated rings. The number of carbonyl (C=O) groups excluding carboxylic acids is 1. The second kappa shape index (κ2) is 9.43. The maximum absolute atomic E-state index is 12.6. The van der Waals surface area contributed by atoms with Gasteiger partial charge in [0, 0.05) is 18.0 Å². The molecule has 4 rings (SSSR count). The first-order valence-electron chi connectivity index (χ1n) is 10.5. The van der Waals surface area contributed by atoms with Crippen LogP contribution in [-0.4, -0.2) is 27.0 Å². The van der Waals surface area contributed by atoms with Crippen molar-refractivity contribution in [2.75, 3.05) is 6.61 Å². The Labute approximate surface area is 181 Å². The third-order valence-corrected chi connectivity index (χ3v) is 5.28. The van der Waals surface area contributed by atoms with Gasteiger partial charge in [-0.1, -0.05) is 31.2 Å². The number of para-hydroxylation sites is 2. The number of rotatable bonds is 8. The van der Waals surface area contributed by atoms with Crippen LogP contribution in [0, 0.1) is 0 Å². The van der Waals surface area contributed by atoms with Crippen LogP contribution in [0.4, 0.5) is 0 Å². The van der Waals surface area contributed by atoms with Gasteiger partial charge in [0.15, 0.2) is 0 Å². The Morgan fingerprint density at radius 1 is 1.06 bits per heavy atom. The third kappa shape index (κ3) is 4.74. The number of carbonyl (C=O) groups is 1. The van der Waals surface area contributed by atoms with Crippen molar-refractivity contribution in [2.45, 2.75) is 32.9 Å². The number of hydrogen-bond donors (Lipinski definition) is 1. The molecule has 2 aromatic carbocycles. The van der Waals surface area contributed by atoms with Crippen LogP contribution in [0.2, 0.25) is 0 Å². The van der Waals surface area contributed by atoms with Crippen LogP contribution >= 0.6 is 0 Å². The van der Waals surface area contributed by atoms with Crippen LogP contribution in [-0.2, 0) is 13.0 Å². The van der Waals surface area contributed by atoms with Crippen LogP contribution in [0.5, 0.6) is 5.75 Å². The predicted molar refractivity (Wildman–Crippen MR) is 121 cm³/mol. The van der Waals surface area contributed by atoms with Crippen molar-refractivity contribution < 1.29 is 9.53 Å². The fourth-order valence-corrected chi connectivity index (χ4v) is 3.58. The van der Waals surface area contributed by atoms with E-state index in [-0.39, 0.29) is 11.9 Å². The molecule has 6 heteroatoms. The number of fused-ring (bicyclic) bond motifs is 1. The van der Waals surface area contributed by atoms with Gasteiger partial charge in [-0.2, -0.15) is 0 Å². The molecule has 6 nitrogen and oxygen atoms in total. The van der Waals surface area contributed by atoms with Gasteiger partial charge in [-0.25, -0.2) is 4.98 Å². The highest BCUT2D eigenvalue weighted by molar-refractivity contribution is 5.94. The molecule has 1 unspecified atom stereocenters. The van der Waals surface area contributed by atoms with Crippen LogP contribution in [0.1, 0.15) is 41.6 Å². The lowest BCUT2D eigenvalue weighted by atomic mass is 10.2. The number of aryl methyl sites for hydroxylation is 1. The molecule has 0 spiro atoms. The van der Waals surface area contributed by atoms with E-state index in [0.717, 1.165) is 29.0 Å². The van der Waals surface area contributed by atoms with E-state index in [0.29, 0.717) is 18.7 Å². The van der Waals surface area contributed by atoms with Crippen molar-refractivity contribution in [3.63, 3.8) is 0 Å². The summed E-state index contributed by atoms with van der Waals surface area (Å²) in [7, 11) is 0. The minimum Gasteiger partial charge on any atom is -0.492 e. The first kappa shape index (κ1) is 20.6.